The molecule has 1 heterocycles. The molecule has 0 saturated heterocycles. The van der Waals surface area contributed by atoms with E-state index in [-0.39, 0.29) is 0 Å². The lowest BCUT2D eigenvalue weighted by Crippen LogP contribution is -2.33. The molecule has 4 heteroatoms. The summed E-state index contributed by atoms with van der Waals surface area (Å²) in [5, 5.41) is 3.16. The van der Waals surface area contributed by atoms with Gasteiger partial charge in [-0.3, -0.25) is 0 Å². The minimum absolute atomic E-state index is 0.840. The van der Waals surface area contributed by atoms with Crippen LogP contribution in [0.2, 0.25) is 0 Å². The molecular weight excluding hydrogens is 224 g/mol. The molecule has 4 nitrogen and oxygen atoms in total. The summed E-state index contributed by atoms with van der Waals surface area (Å²) in [5.41, 5.74) is 1.16. The molecule has 2 rings (SSSR count). The maximum absolute atomic E-state index is 4.64. The molecule has 0 bridgehead atoms. The zero-order valence-corrected chi connectivity index (χ0v) is 12.0. The van der Waals surface area contributed by atoms with Gasteiger partial charge in [0.05, 0.1) is 0 Å². The fourth-order valence-corrected chi connectivity index (χ4v) is 2.52. The minimum Gasteiger partial charge on any atom is -0.373 e. The molecule has 0 radical (unpaired) electrons. The number of nitrogens with zero attached hydrogens (tertiary/aromatic N) is 3. The Morgan fingerprint density at radius 2 is 2.00 bits per heavy atom. The first-order chi connectivity index (χ1) is 8.65. The Morgan fingerprint density at radius 1 is 1.28 bits per heavy atom. The molecule has 1 saturated carbocycles. The van der Waals surface area contributed by atoms with Crippen LogP contribution >= 0.6 is 0 Å². The van der Waals surface area contributed by atoms with Gasteiger partial charge in [-0.2, -0.15) is 0 Å². The second kappa shape index (κ2) is 5.55. The first kappa shape index (κ1) is 13.1. The van der Waals surface area contributed by atoms with Crippen molar-refractivity contribution in [3.05, 3.63) is 11.4 Å². The number of hydrogen-bond donors (Lipinski definition) is 1. The standard InChI is InChI=1S/C14H24N4/c1-5-18(9-12-7-6-8-12)14-10(2)13(15-4)16-11(3)17-14/h12H,5-9H2,1-4H3,(H,15,16,17). The Bertz CT molecular complexity index is 413. The van der Waals surface area contributed by atoms with E-state index in [1.54, 1.807) is 0 Å². The highest BCUT2D eigenvalue weighted by atomic mass is 15.2. The van der Waals surface area contributed by atoms with Gasteiger partial charge in [0, 0.05) is 25.7 Å². The van der Waals surface area contributed by atoms with Crippen molar-refractivity contribution in [2.75, 3.05) is 30.4 Å². The van der Waals surface area contributed by atoms with Gasteiger partial charge in [-0.1, -0.05) is 6.42 Å². The molecule has 1 aliphatic rings. The van der Waals surface area contributed by atoms with Crippen LogP contribution in [-0.4, -0.2) is 30.1 Å². The molecule has 1 aromatic rings. The predicted octanol–water partition coefficient (Wildman–Crippen LogP) is 2.76. The summed E-state index contributed by atoms with van der Waals surface area (Å²) in [6.45, 7) is 8.41. The maximum atomic E-state index is 4.64. The molecule has 1 fully saturated rings. The molecule has 18 heavy (non-hydrogen) atoms. The topological polar surface area (TPSA) is 41.1 Å². The third-order valence-electron chi connectivity index (χ3n) is 3.85. The molecule has 0 atom stereocenters. The van der Waals surface area contributed by atoms with Gasteiger partial charge in [0.25, 0.3) is 0 Å². The van der Waals surface area contributed by atoms with Crippen LogP contribution in [0.15, 0.2) is 0 Å². The van der Waals surface area contributed by atoms with Crippen molar-refractivity contribution in [3.63, 3.8) is 0 Å². The average Bonchev–Trinajstić information content (AvgIpc) is 2.31. The van der Waals surface area contributed by atoms with Gasteiger partial charge in [0.1, 0.15) is 17.5 Å². The van der Waals surface area contributed by atoms with E-state index in [0.717, 1.165) is 42.0 Å². The Morgan fingerprint density at radius 3 is 2.50 bits per heavy atom. The zero-order valence-electron chi connectivity index (χ0n) is 12.0. The van der Waals surface area contributed by atoms with Crippen LogP contribution in [0.3, 0.4) is 0 Å². The maximum Gasteiger partial charge on any atom is 0.137 e. The second-order valence-electron chi connectivity index (χ2n) is 5.15. The molecule has 0 aromatic carbocycles. The summed E-state index contributed by atoms with van der Waals surface area (Å²) >= 11 is 0. The molecule has 1 N–H and O–H groups in total. The van der Waals surface area contributed by atoms with Gasteiger partial charge in [-0.15, -0.1) is 0 Å². The average molecular weight is 248 g/mol. The largest absolute Gasteiger partial charge is 0.373 e. The first-order valence-electron chi connectivity index (χ1n) is 6.93. The summed E-state index contributed by atoms with van der Waals surface area (Å²) in [6.07, 6.45) is 4.14. The summed E-state index contributed by atoms with van der Waals surface area (Å²) in [7, 11) is 1.92. The van der Waals surface area contributed by atoms with Crippen LogP contribution in [0, 0.1) is 19.8 Å². The molecule has 0 unspecified atom stereocenters. The van der Waals surface area contributed by atoms with Crippen molar-refractivity contribution in [3.8, 4) is 0 Å². The van der Waals surface area contributed by atoms with Crippen LogP contribution < -0.4 is 10.2 Å². The molecule has 1 aromatic heterocycles. The Labute approximate surface area is 110 Å². The van der Waals surface area contributed by atoms with Crippen molar-refractivity contribution >= 4 is 11.6 Å². The lowest BCUT2D eigenvalue weighted by atomic mass is 9.85. The smallest absolute Gasteiger partial charge is 0.137 e. The normalized spacial score (nSPS) is 15.3. The Kier molecular flexibility index (Phi) is 4.04. The minimum atomic E-state index is 0.840. The summed E-state index contributed by atoms with van der Waals surface area (Å²) < 4.78 is 0. The highest BCUT2D eigenvalue weighted by Crippen LogP contribution is 2.30. The van der Waals surface area contributed by atoms with Crippen LogP contribution in [0.1, 0.15) is 37.6 Å². The number of hydrogen-bond acceptors (Lipinski definition) is 4. The third-order valence-corrected chi connectivity index (χ3v) is 3.85. The number of rotatable bonds is 5. The lowest BCUT2D eigenvalue weighted by molar-refractivity contribution is 0.318. The van der Waals surface area contributed by atoms with Crippen LogP contribution in [-0.2, 0) is 0 Å². The van der Waals surface area contributed by atoms with E-state index in [1.807, 2.05) is 14.0 Å². The second-order valence-corrected chi connectivity index (χ2v) is 5.15. The van der Waals surface area contributed by atoms with Gasteiger partial charge in [-0.05, 0) is 39.5 Å². The van der Waals surface area contributed by atoms with E-state index < -0.39 is 0 Å². The van der Waals surface area contributed by atoms with Crippen molar-refractivity contribution in [2.45, 2.75) is 40.0 Å². The molecule has 1 aliphatic carbocycles. The number of anilines is 2. The van der Waals surface area contributed by atoms with E-state index in [4.69, 9.17) is 0 Å². The predicted molar refractivity (Wildman–Crippen MR) is 76.3 cm³/mol. The fraction of sp³-hybridized carbons (Fsp3) is 0.714. The summed E-state index contributed by atoms with van der Waals surface area (Å²) in [5.74, 6) is 3.75. The van der Waals surface area contributed by atoms with E-state index >= 15 is 0 Å². The van der Waals surface area contributed by atoms with Crippen molar-refractivity contribution in [2.24, 2.45) is 5.92 Å². The number of aryl methyl sites for hydroxylation is 1. The lowest BCUT2D eigenvalue weighted by Gasteiger charge is -2.33. The van der Waals surface area contributed by atoms with Gasteiger partial charge in [0.2, 0.25) is 0 Å². The Hall–Kier alpha value is -1.32. The highest BCUT2D eigenvalue weighted by molar-refractivity contribution is 5.58. The van der Waals surface area contributed by atoms with E-state index in [0.29, 0.717) is 0 Å². The highest BCUT2D eigenvalue weighted by Gasteiger charge is 2.22. The number of aromatic nitrogens is 2. The van der Waals surface area contributed by atoms with Crippen molar-refractivity contribution in [1.82, 2.24) is 9.97 Å². The van der Waals surface area contributed by atoms with Crippen LogP contribution in [0.5, 0.6) is 0 Å². The quantitative estimate of drug-likeness (QED) is 0.870. The van der Waals surface area contributed by atoms with Crippen molar-refractivity contribution in [1.29, 1.82) is 0 Å². The summed E-state index contributed by atoms with van der Waals surface area (Å²) in [4.78, 5) is 11.5. The molecular formula is C14H24N4. The van der Waals surface area contributed by atoms with Crippen LogP contribution in [0.25, 0.3) is 0 Å². The summed E-state index contributed by atoms with van der Waals surface area (Å²) in [6, 6.07) is 0. The SMILES string of the molecule is CCN(CC1CCC1)c1nc(C)nc(NC)c1C. The third kappa shape index (κ3) is 2.57. The van der Waals surface area contributed by atoms with E-state index in [9.17, 15) is 0 Å². The fourth-order valence-electron chi connectivity index (χ4n) is 2.52. The van der Waals surface area contributed by atoms with E-state index in [2.05, 4.69) is 34.0 Å². The molecule has 0 aliphatic heterocycles. The monoisotopic (exact) mass is 248 g/mol. The van der Waals surface area contributed by atoms with E-state index in [1.165, 1.54) is 19.3 Å². The number of nitrogens with one attached hydrogen (secondary N) is 1. The first-order valence-corrected chi connectivity index (χ1v) is 6.93. The zero-order chi connectivity index (χ0) is 13.1. The van der Waals surface area contributed by atoms with Gasteiger partial charge in [0.15, 0.2) is 0 Å². The van der Waals surface area contributed by atoms with Gasteiger partial charge in [-0.25, -0.2) is 9.97 Å². The van der Waals surface area contributed by atoms with Crippen LogP contribution in [0.4, 0.5) is 11.6 Å². The van der Waals surface area contributed by atoms with Gasteiger partial charge >= 0.3 is 0 Å². The Balaban J connectivity index is 2.25. The molecule has 0 spiro atoms. The van der Waals surface area contributed by atoms with Crippen molar-refractivity contribution < 1.29 is 0 Å². The molecule has 100 valence electrons. The molecule has 0 amide bonds. The van der Waals surface area contributed by atoms with Gasteiger partial charge < -0.3 is 10.2 Å².